The number of benzene rings is 2. The van der Waals surface area contributed by atoms with Crippen molar-refractivity contribution in [1.29, 1.82) is 0 Å². The van der Waals surface area contributed by atoms with Crippen LogP contribution in [0.4, 0.5) is 13.2 Å². The van der Waals surface area contributed by atoms with Crippen LogP contribution in [-0.4, -0.2) is 40.1 Å². The van der Waals surface area contributed by atoms with Crippen LogP contribution >= 0.6 is 28.1 Å². The first-order chi connectivity index (χ1) is 14.0. The maximum absolute atomic E-state index is 14.0. The maximum atomic E-state index is 14.0. The van der Waals surface area contributed by atoms with Crippen molar-refractivity contribution in [2.75, 3.05) is 7.11 Å². The Balaban J connectivity index is 2.22. The molecule has 0 bridgehead atoms. The zero-order valence-corrected chi connectivity index (χ0v) is 17.7. The van der Waals surface area contributed by atoms with Crippen LogP contribution in [0.2, 0.25) is 0 Å². The minimum atomic E-state index is -5.23. The zero-order chi connectivity index (χ0) is 22.3. The van der Waals surface area contributed by atoms with E-state index in [1.165, 1.54) is 43.5 Å². The van der Waals surface area contributed by atoms with E-state index in [9.17, 15) is 28.2 Å². The number of nitrogens with one attached hydrogen (secondary N) is 2. The number of carbonyl (C=O) groups is 1. The van der Waals surface area contributed by atoms with Gasteiger partial charge in [-0.05, 0) is 45.8 Å². The molecular formula is C19H16BrF3N2O4S. The number of ether oxygens (including phenoxy) is 1. The number of ketones is 1. The number of thiocarbonyl (C=S) groups is 1. The molecule has 0 aliphatic carbocycles. The van der Waals surface area contributed by atoms with E-state index in [0.29, 0.717) is 0 Å². The molecular weight excluding hydrogens is 489 g/mol. The third-order valence-corrected chi connectivity index (χ3v) is 5.60. The first kappa shape index (κ1) is 22.3. The van der Waals surface area contributed by atoms with Gasteiger partial charge in [-0.15, -0.1) is 0 Å². The number of halogens is 4. The fourth-order valence-electron chi connectivity index (χ4n) is 3.33. The van der Waals surface area contributed by atoms with Crippen molar-refractivity contribution >= 4 is 39.0 Å². The van der Waals surface area contributed by atoms with Gasteiger partial charge in [-0.1, -0.05) is 30.3 Å². The van der Waals surface area contributed by atoms with E-state index in [-0.39, 0.29) is 27.1 Å². The number of rotatable bonds is 4. The molecule has 0 unspecified atom stereocenters. The van der Waals surface area contributed by atoms with Crippen LogP contribution in [-0.2, 0) is 0 Å². The molecule has 30 heavy (non-hydrogen) atoms. The monoisotopic (exact) mass is 504 g/mol. The Labute approximate surface area is 183 Å². The van der Waals surface area contributed by atoms with Crippen LogP contribution in [0.5, 0.6) is 11.5 Å². The summed E-state index contributed by atoms with van der Waals surface area (Å²) in [6, 6.07) is 8.54. The second-order valence-electron chi connectivity index (χ2n) is 6.60. The second-order valence-corrected chi connectivity index (χ2v) is 7.86. The van der Waals surface area contributed by atoms with Gasteiger partial charge < -0.3 is 25.6 Å². The summed E-state index contributed by atoms with van der Waals surface area (Å²) in [7, 11) is 1.27. The predicted molar refractivity (Wildman–Crippen MR) is 109 cm³/mol. The number of methoxy groups -OCH3 is 1. The van der Waals surface area contributed by atoms with Gasteiger partial charge in [0.15, 0.2) is 22.4 Å². The lowest BCUT2D eigenvalue weighted by Crippen LogP contribution is -2.72. The molecule has 6 nitrogen and oxygen atoms in total. The summed E-state index contributed by atoms with van der Waals surface area (Å²) in [6.07, 6.45) is -5.23. The summed E-state index contributed by atoms with van der Waals surface area (Å²) in [5, 5.41) is 24.7. The molecule has 1 heterocycles. The van der Waals surface area contributed by atoms with Gasteiger partial charge in [0.1, 0.15) is 5.92 Å². The van der Waals surface area contributed by atoms with E-state index in [4.69, 9.17) is 17.0 Å². The van der Waals surface area contributed by atoms with Crippen LogP contribution < -0.4 is 15.4 Å². The summed E-state index contributed by atoms with van der Waals surface area (Å²) in [4.78, 5) is 13.2. The SMILES string of the molecule is COc1cc([C@@H]2NC(=S)N[C@@](O)(C(F)(F)F)[C@@H]2C(=O)c2ccccc2)cc(Br)c1O. The lowest BCUT2D eigenvalue weighted by atomic mass is 9.77. The van der Waals surface area contributed by atoms with Crippen molar-refractivity contribution < 1.29 is 32.9 Å². The van der Waals surface area contributed by atoms with Crippen molar-refractivity contribution in [2.24, 2.45) is 5.92 Å². The Bertz CT molecular complexity index is 990. The topological polar surface area (TPSA) is 90.8 Å². The van der Waals surface area contributed by atoms with Crippen molar-refractivity contribution in [2.45, 2.75) is 17.9 Å². The van der Waals surface area contributed by atoms with Gasteiger partial charge >= 0.3 is 6.18 Å². The minimum absolute atomic E-state index is 0.0172. The average Bonchev–Trinajstić information content (AvgIpc) is 2.68. The van der Waals surface area contributed by atoms with E-state index >= 15 is 0 Å². The molecule has 0 spiro atoms. The van der Waals surface area contributed by atoms with Crippen LogP contribution in [0.25, 0.3) is 0 Å². The van der Waals surface area contributed by atoms with Crippen LogP contribution in [0.3, 0.4) is 0 Å². The third-order valence-electron chi connectivity index (χ3n) is 4.78. The molecule has 0 amide bonds. The van der Waals surface area contributed by atoms with E-state index in [0.717, 1.165) is 0 Å². The number of aromatic hydroxyl groups is 1. The molecule has 1 aliphatic rings. The highest BCUT2D eigenvalue weighted by molar-refractivity contribution is 9.10. The highest BCUT2D eigenvalue weighted by Gasteiger charge is 2.65. The van der Waals surface area contributed by atoms with Crippen LogP contribution in [0.1, 0.15) is 22.0 Å². The first-order valence-corrected chi connectivity index (χ1v) is 9.73. The molecule has 1 aliphatic heterocycles. The van der Waals surface area contributed by atoms with Crippen LogP contribution in [0.15, 0.2) is 46.9 Å². The highest BCUT2D eigenvalue weighted by Crippen LogP contribution is 2.46. The zero-order valence-electron chi connectivity index (χ0n) is 15.3. The number of hydrogen-bond donors (Lipinski definition) is 4. The Hall–Kier alpha value is -2.37. The number of phenolic OH excluding ortho intramolecular Hbond substituents is 1. The van der Waals surface area contributed by atoms with Gasteiger partial charge in [0.25, 0.3) is 0 Å². The molecule has 1 fully saturated rings. The third kappa shape index (κ3) is 3.84. The van der Waals surface area contributed by atoms with Gasteiger partial charge in [-0.2, -0.15) is 13.2 Å². The van der Waals surface area contributed by atoms with Gasteiger partial charge in [-0.3, -0.25) is 4.79 Å². The fraction of sp³-hybridized carbons (Fsp3) is 0.263. The summed E-state index contributed by atoms with van der Waals surface area (Å²) < 4.78 is 47.1. The lowest BCUT2D eigenvalue weighted by Gasteiger charge is -2.46. The van der Waals surface area contributed by atoms with Gasteiger partial charge in [-0.25, -0.2) is 0 Å². The van der Waals surface area contributed by atoms with E-state index in [1.807, 2.05) is 5.32 Å². The molecule has 0 saturated carbocycles. The molecule has 160 valence electrons. The van der Waals surface area contributed by atoms with E-state index in [2.05, 4.69) is 21.2 Å². The van der Waals surface area contributed by atoms with E-state index < -0.39 is 34.8 Å². The minimum Gasteiger partial charge on any atom is -0.503 e. The molecule has 4 N–H and O–H groups in total. The Morgan fingerprint density at radius 3 is 2.47 bits per heavy atom. The number of alkyl halides is 3. The Kier molecular flexibility index (Phi) is 5.99. The molecule has 3 atom stereocenters. The van der Waals surface area contributed by atoms with Crippen molar-refractivity contribution in [1.82, 2.24) is 10.6 Å². The smallest absolute Gasteiger partial charge is 0.437 e. The molecule has 0 radical (unpaired) electrons. The van der Waals surface area contributed by atoms with Crippen molar-refractivity contribution in [3.63, 3.8) is 0 Å². The number of hydrogen-bond acceptors (Lipinski definition) is 5. The number of aliphatic hydroxyl groups is 1. The lowest BCUT2D eigenvalue weighted by molar-refractivity contribution is -0.285. The Morgan fingerprint density at radius 2 is 1.90 bits per heavy atom. The molecule has 11 heteroatoms. The molecule has 1 saturated heterocycles. The summed E-state index contributed by atoms with van der Waals surface area (Å²) in [5.74, 6) is -3.30. The average molecular weight is 505 g/mol. The first-order valence-electron chi connectivity index (χ1n) is 8.53. The highest BCUT2D eigenvalue weighted by atomic mass is 79.9. The quantitative estimate of drug-likeness (QED) is 0.374. The molecule has 0 aromatic heterocycles. The van der Waals surface area contributed by atoms with Crippen molar-refractivity contribution in [3.8, 4) is 11.5 Å². The van der Waals surface area contributed by atoms with Gasteiger partial charge in [0.05, 0.1) is 17.6 Å². The second kappa shape index (κ2) is 8.05. The molecule has 3 rings (SSSR count). The normalized spacial score (nSPS) is 24.0. The Morgan fingerprint density at radius 1 is 1.27 bits per heavy atom. The maximum Gasteiger partial charge on any atom is 0.437 e. The standard InChI is InChI=1S/C19H16BrF3N2O4S/c1-29-12-8-10(7-11(20)16(12)27)14-13(15(26)9-5-3-2-4-6-9)18(28,19(21,22)23)25-17(30)24-14/h2-8,13-14,27-28H,1H3,(H2,24,25,30)/t13-,14-,18-/m0/s1. The summed E-state index contributed by atoms with van der Waals surface area (Å²) in [5.41, 5.74) is -3.52. The number of phenols is 1. The van der Waals surface area contributed by atoms with Gasteiger partial charge in [0, 0.05) is 5.56 Å². The van der Waals surface area contributed by atoms with Crippen molar-refractivity contribution in [3.05, 3.63) is 58.1 Å². The van der Waals surface area contributed by atoms with E-state index in [1.54, 1.807) is 6.07 Å². The van der Waals surface area contributed by atoms with Gasteiger partial charge in [0.2, 0.25) is 5.72 Å². The fourth-order valence-corrected chi connectivity index (χ4v) is 4.07. The summed E-state index contributed by atoms with van der Waals surface area (Å²) in [6.45, 7) is 0. The number of Topliss-reactive ketones (excluding diaryl/α,β-unsaturated/α-hetero) is 1. The molecule has 2 aromatic rings. The summed E-state index contributed by atoms with van der Waals surface area (Å²) >= 11 is 8.00. The van der Waals surface area contributed by atoms with Crippen LogP contribution in [0, 0.1) is 5.92 Å². The predicted octanol–water partition coefficient (Wildman–Crippen LogP) is 3.43. The number of carbonyl (C=O) groups excluding carboxylic acids is 1. The molecule has 2 aromatic carbocycles. The largest absolute Gasteiger partial charge is 0.503 e.